The maximum absolute atomic E-state index is 12.1. The SMILES string of the molecule is Cc1ccccc1CCNC(=O)c1c(C)coc1C. The highest BCUT2D eigenvalue weighted by molar-refractivity contribution is 5.96. The second-order valence-electron chi connectivity index (χ2n) is 4.78. The predicted molar refractivity (Wildman–Crippen MR) is 75.4 cm³/mol. The van der Waals surface area contributed by atoms with Crippen molar-refractivity contribution in [1.82, 2.24) is 5.32 Å². The maximum atomic E-state index is 12.1. The van der Waals surface area contributed by atoms with Crippen molar-refractivity contribution in [1.29, 1.82) is 0 Å². The summed E-state index contributed by atoms with van der Waals surface area (Å²) in [7, 11) is 0. The second kappa shape index (κ2) is 5.74. The molecule has 0 saturated heterocycles. The van der Waals surface area contributed by atoms with Crippen LogP contribution in [0.5, 0.6) is 0 Å². The van der Waals surface area contributed by atoms with Gasteiger partial charge in [0, 0.05) is 12.1 Å². The third kappa shape index (κ3) is 3.05. The minimum absolute atomic E-state index is 0.0580. The van der Waals surface area contributed by atoms with Crippen molar-refractivity contribution in [2.45, 2.75) is 27.2 Å². The van der Waals surface area contributed by atoms with E-state index in [-0.39, 0.29) is 5.91 Å². The third-order valence-corrected chi connectivity index (χ3v) is 3.33. The lowest BCUT2D eigenvalue weighted by molar-refractivity contribution is 0.0952. The van der Waals surface area contributed by atoms with Crippen molar-refractivity contribution in [2.24, 2.45) is 0 Å². The standard InChI is InChI=1S/C16H19NO2/c1-11-6-4-5-7-14(11)8-9-17-16(18)15-12(2)10-19-13(15)3/h4-7,10H,8-9H2,1-3H3,(H,17,18). The first-order chi connectivity index (χ1) is 9.09. The molecule has 2 aromatic rings. The van der Waals surface area contributed by atoms with Crippen molar-refractivity contribution in [3.63, 3.8) is 0 Å². The summed E-state index contributed by atoms with van der Waals surface area (Å²) in [6.45, 7) is 6.41. The van der Waals surface area contributed by atoms with Crippen LogP contribution in [-0.2, 0) is 6.42 Å². The molecule has 0 aliphatic heterocycles. The number of carbonyl (C=O) groups is 1. The molecule has 3 heteroatoms. The van der Waals surface area contributed by atoms with Gasteiger partial charge in [0.05, 0.1) is 11.8 Å². The van der Waals surface area contributed by atoms with E-state index in [0.29, 0.717) is 17.9 Å². The van der Waals surface area contributed by atoms with E-state index in [1.54, 1.807) is 6.26 Å². The van der Waals surface area contributed by atoms with Crippen LogP contribution in [0, 0.1) is 20.8 Å². The molecule has 1 N–H and O–H groups in total. The Morgan fingerprint density at radius 2 is 1.89 bits per heavy atom. The summed E-state index contributed by atoms with van der Waals surface area (Å²) in [5.41, 5.74) is 4.06. The minimum Gasteiger partial charge on any atom is -0.469 e. The van der Waals surface area contributed by atoms with Crippen LogP contribution in [-0.4, -0.2) is 12.5 Å². The Kier molecular flexibility index (Phi) is 4.05. The van der Waals surface area contributed by atoms with Crippen LogP contribution in [0.1, 0.15) is 32.8 Å². The van der Waals surface area contributed by atoms with Gasteiger partial charge >= 0.3 is 0 Å². The molecule has 1 heterocycles. The number of amides is 1. The van der Waals surface area contributed by atoms with Crippen LogP contribution in [0.3, 0.4) is 0 Å². The van der Waals surface area contributed by atoms with Crippen molar-refractivity contribution >= 4 is 5.91 Å². The minimum atomic E-state index is -0.0580. The van der Waals surface area contributed by atoms with E-state index < -0.39 is 0 Å². The van der Waals surface area contributed by atoms with E-state index in [2.05, 4.69) is 24.4 Å². The lowest BCUT2D eigenvalue weighted by Crippen LogP contribution is -2.26. The molecule has 1 amide bonds. The average molecular weight is 257 g/mol. The zero-order chi connectivity index (χ0) is 13.8. The first kappa shape index (κ1) is 13.4. The number of hydrogen-bond acceptors (Lipinski definition) is 2. The Morgan fingerprint density at radius 1 is 1.16 bits per heavy atom. The molecule has 100 valence electrons. The molecule has 2 rings (SSSR count). The number of furan rings is 1. The van der Waals surface area contributed by atoms with Crippen LogP contribution in [0.4, 0.5) is 0 Å². The van der Waals surface area contributed by atoms with E-state index in [1.807, 2.05) is 26.0 Å². The molecule has 0 bridgehead atoms. The lowest BCUT2D eigenvalue weighted by atomic mass is 10.1. The van der Waals surface area contributed by atoms with E-state index in [0.717, 1.165) is 12.0 Å². The second-order valence-corrected chi connectivity index (χ2v) is 4.78. The Bertz CT molecular complexity index is 565. The topological polar surface area (TPSA) is 42.2 Å². The van der Waals surface area contributed by atoms with Crippen molar-refractivity contribution < 1.29 is 9.21 Å². The summed E-state index contributed by atoms with van der Waals surface area (Å²) in [5, 5.41) is 2.94. The Hall–Kier alpha value is -2.03. The average Bonchev–Trinajstić information content (AvgIpc) is 2.71. The van der Waals surface area contributed by atoms with Gasteiger partial charge in [0.25, 0.3) is 5.91 Å². The van der Waals surface area contributed by atoms with Gasteiger partial charge in [-0.2, -0.15) is 0 Å². The smallest absolute Gasteiger partial charge is 0.255 e. The highest BCUT2D eigenvalue weighted by atomic mass is 16.3. The normalized spacial score (nSPS) is 10.5. The maximum Gasteiger partial charge on any atom is 0.255 e. The Labute approximate surface area is 113 Å². The third-order valence-electron chi connectivity index (χ3n) is 3.33. The molecule has 0 unspecified atom stereocenters. The molecule has 0 atom stereocenters. The van der Waals surface area contributed by atoms with E-state index in [4.69, 9.17) is 4.42 Å². The number of hydrogen-bond donors (Lipinski definition) is 1. The van der Waals surface area contributed by atoms with Gasteiger partial charge in [-0.15, -0.1) is 0 Å². The van der Waals surface area contributed by atoms with Gasteiger partial charge < -0.3 is 9.73 Å². The number of rotatable bonds is 4. The molecule has 0 spiro atoms. The largest absolute Gasteiger partial charge is 0.469 e. The summed E-state index contributed by atoms with van der Waals surface area (Å²) < 4.78 is 5.24. The summed E-state index contributed by atoms with van der Waals surface area (Å²) >= 11 is 0. The number of benzene rings is 1. The predicted octanol–water partition coefficient (Wildman–Crippen LogP) is 3.18. The molecular formula is C16H19NO2. The molecule has 0 fully saturated rings. The lowest BCUT2D eigenvalue weighted by Gasteiger charge is -2.07. The fourth-order valence-electron chi connectivity index (χ4n) is 2.20. The van der Waals surface area contributed by atoms with E-state index in [1.165, 1.54) is 11.1 Å². The van der Waals surface area contributed by atoms with Gasteiger partial charge in [-0.3, -0.25) is 4.79 Å². The first-order valence-electron chi connectivity index (χ1n) is 6.47. The van der Waals surface area contributed by atoms with Gasteiger partial charge in [-0.25, -0.2) is 0 Å². The molecular weight excluding hydrogens is 238 g/mol. The van der Waals surface area contributed by atoms with Gasteiger partial charge in [0.15, 0.2) is 0 Å². The molecule has 3 nitrogen and oxygen atoms in total. The number of nitrogens with one attached hydrogen (secondary N) is 1. The molecule has 0 saturated carbocycles. The Morgan fingerprint density at radius 3 is 2.53 bits per heavy atom. The quantitative estimate of drug-likeness (QED) is 0.914. The zero-order valence-electron chi connectivity index (χ0n) is 11.6. The molecule has 0 aliphatic rings. The summed E-state index contributed by atoms with van der Waals surface area (Å²) in [4.78, 5) is 12.1. The number of carbonyl (C=O) groups excluding carboxylic acids is 1. The van der Waals surface area contributed by atoms with Gasteiger partial charge in [0.2, 0.25) is 0 Å². The van der Waals surface area contributed by atoms with Crippen LogP contribution in [0.15, 0.2) is 34.9 Å². The van der Waals surface area contributed by atoms with Gasteiger partial charge in [0.1, 0.15) is 5.76 Å². The highest BCUT2D eigenvalue weighted by Gasteiger charge is 2.14. The van der Waals surface area contributed by atoms with Crippen molar-refractivity contribution in [3.05, 3.63) is 58.5 Å². The fraction of sp³-hybridized carbons (Fsp3) is 0.312. The monoisotopic (exact) mass is 257 g/mol. The zero-order valence-corrected chi connectivity index (χ0v) is 11.6. The fourth-order valence-corrected chi connectivity index (χ4v) is 2.20. The summed E-state index contributed by atoms with van der Waals surface area (Å²) in [6.07, 6.45) is 2.46. The Balaban J connectivity index is 1.93. The van der Waals surface area contributed by atoms with Crippen LogP contribution in [0.25, 0.3) is 0 Å². The summed E-state index contributed by atoms with van der Waals surface area (Å²) in [6, 6.07) is 8.22. The molecule has 0 aliphatic carbocycles. The van der Waals surface area contributed by atoms with Gasteiger partial charge in [-0.05, 0) is 38.3 Å². The molecule has 19 heavy (non-hydrogen) atoms. The van der Waals surface area contributed by atoms with Gasteiger partial charge in [-0.1, -0.05) is 24.3 Å². The molecule has 0 radical (unpaired) electrons. The van der Waals surface area contributed by atoms with Crippen molar-refractivity contribution in [3.8, 4) is 0 Å². The van der Waals surface area contributed by atoms with Crippen molar-refractivity contribution in [2.75, 3.05) is 6.54 Å². The summed E-state index contributed by atoms with van der Waals surface area (Å²) in [5.74, 6) is 0.614. The van der Waals surface area contributed by atoms with Crippen LogP contribution < -0.4 is 5.32 Å². The molecule has 1 aromatic heterocycles. The van der Waals surface area contributed by atoms with E-state index in [9.17, 15) is 4.79 Å². The van der Waals surface area contributed by atoms with Crippen LogP contribution in [0.2, 0.25) is 0 Å². The first-order valence-corrected chi connectivity index (χ1v) is 6.47. The van der Waals surface area contributed by atoms with E-state index >= 15 is 0 Å². The highest BCUT2D eigenvalue weighted by Crippen LogP contribution is 2.15. The molecule has 1 aromatic carbocycles. The van der Waals surface area contributed by atoms with Crippen LogP contribution >= 0.6 is 0 Å². The number of aryl methyl sites for hydroxylation is 3.